The second-order valence-corrected chi connectivity index (χ2v) is 6.88. The smallest absolute Gasteiger partial charge is 0.276 e. The van der Waals surface area contributed by atoms with Gasteiger partial charge in [-0.15, -0.1) is 0 Å². The maximum absolute atomic E-state index is 12.0. The number of hydrazine groups is 1. The molecule has 0 fully saturated rings. The lowest BCUT2D eigenvalue weighted by Crippen LogP contribution is -2.49. The summed E-state index contributed by atoms with van der Waals surface area (Å²) < 4.78 is 5.99. The summed E-state index contributed by atoms with van der Waals surface area (Å²) in [6.07, 6.45) is 0. The molecule has 136 valence electrons. The van der Waals surface area contributed by atoms with Gasteiger partial charge in [-0.2, -0.15) is 0 Å². The Labute approximate surface area is 169 Å². The molecule has 0 heterocycles. The predicted molar refractivity (Wildman–Crippen MR) is 107 cm³/mol. The van der Waals surface area contributed by atoms with Gasteiger partial charge in [0.25, 0.3) is 11.8 Å². The molecule has 9 heteroatoms. The maximum Gasteiger partial charge on any atom is 0.276 e. The minimum atomic E-state index is -0.473. The highest BCUT2D eigenvalue weighted by atomic mass is 79.9. The summed E-state index contributed by atoms with van der Waals surface area (Å²) in [5.74, 6) is -0.378. The van der Waals surface area contributed by atoms with Crippen LogP contribution in [-0.2, 0) is 4.79 Å². The summed E-state index contributed by atoms with van der Waals surface area (Å²) in [5.41, 5.74) is 6.28. The molecule has 2 rings (SSSR count). The Morgan fingerprint density at radius 3 is 2.50 bits per heavy atom. The maximum atomic E-state index is 12.0. The lowest BCUT2D eigenvalue weighted by Gasteiger charge is -2.12. The first kappa shape index (κ1) is 20.2. The monoisotopic (exact) mass is 455 g/mol. The van der Waals surface area contributed by atoms with Crippen molar-refractivity contribution in [2.45, 2.75) is 6.92 Å². The standard InChI is InChI=1S/C17H15BrClN3O3S/c1-10-2-4-11(5-3-10)16(24)20-17(26)22-21-15(23)9-25-14-7-6-12(19)8-13(14)18/h2-8H,9H2,1H3,(H,21,23)(H2,20,22,24,26). The first-order valence-corrected chi connectivity index (χ1v) is 8.98. The molecule has 0 aromatic heterocycles. The molecule has 0 spiro atoms. The molecule has 0 aliphatic carbocycles. The number of benzene rings is 2. The lowest BCUT2D eigenvalue weighted by atomic mass is 10.1. The van der Waals surface area contributed by atoms with E-state index in [4.69, 9.17) is 28.6 Å². The van der Waals surface area contributed by atoms with E-state index in [1.54, 1.807) is 30.3 Å². The fourth-order valence-corrected chi connectivity index (χ4v) is 2.75. The number of nitrogens with one attached hydrogen (secondary N) is 3. The topological polar surface area (TPSA) is 79.5 Å². The molecule has 0 atom stereocenters. The summed E-state index contributed by atoms with van der Waals surface area (Å²) in [6.45, 7) is 1.68. The molecule has 3 N–H and O–H groups in total. The zero-order valence-electron chi connectivity index (χ0n) is 13.6. The van der Waals surface area contributed by atoms with Crippen molar-refractivity contribution in [3.05, 3.63) is 63.1 Å². The molecule has 0 saturated heterocycles. The summed E-state index contributed by atoms with van der Waals surface area (Å²) in [4.78, 5) is 23.8. The zero-order valence-corrected chi connectivity index (χ0v) is 16.8. The Morgan fingerprint density at radius 1 is 1.15 bits per heavy atom. The van der Waals surface area contributed by atoms with E-state index in [0.29, 0.717) is 20.8 Å². The Bertz CT molecular complexity index is 831. The number of carbonyl (C=O) groups is 2. The van der Waals surface area contributed by atoms with Crippen molar-refractivity contribution in [2.75, 3.05) is 6.61 Å². The number of halogens is 2. The van der Waals surface area contributed by atoms with Crippen LogP contribution in [-0.4, -0.2) is 23.5 Å². The van der Waals surface area contributed by atoms with Crippen LogP contribution in [0.1, 0.15) is 15.9 Å². The van der Waals surface area contributed by atoms with Crippen molar-refractivity contribution in [3.63, 3.8) is 0 Å². The molecule has 26 heavy (non-hydrogen) atoms. The van der Waals surface area contributed by atoms with Gasteiger partial charge in [0.05, 0.1) is 4.47 Å². The van der Waals surface area contributed by atoms with Gasteiger partial charge in [-0.05, 0) is 65.4 Å². The fraction of sp³-hybridized carbons (Fsp3) is 0.118. The van der Waals surface area contributed by atoms with E-state index in [9.17, 15) is 9.59 Å². The Balaban J connectivity index is 1.75. The van der Waals surface area contributed by atoms with Crippen LogP contribution >= 0.6 is 39.7 Å². The summed E-state index contributed by atoms with van der Waals surface area (Å²) in [5, 5.41) is 2.98. The van der Waals surface area contributed by atoms with Gasteiger partial charge in [-0.1, -0.05) is 29.3 Å². The summed E-state index contributed by atoms with van der Waals surface area (Å²) in [7, 11) is 0. The molecule has 2 aromatic rings. The van der Waals surface area contributed by atoms with Gasteiger partial charge in [0.15, 0.2) is 11.7 Å². The van der Waals surface area contributed by atoms with Gasteiger partial charge < -0.3 is 4.74 Å². The van der Waals surface area contributed by atoms with Crippen molar-refractivity contribution in [2.24, 2.45) is 0 Å². The molecule has 0 bridgehead atoms. The third kappa shape index (κ3) is 6.29. The highest BCUT2D eigenvalue weighted by Gasteiger charge is 2.09. The highest BCUT2D eigenvalue weighted by Crippen LogP contribution is 2.27. The Hall–Kier alpha value is -2.16. The molecule has 2 aromatic carbocycles. The van der Waals surface area contributed by atoms with Gasteiger partial charge in [0.1, 0.15) is 5.75 Å². The fourth-order valence-electron chi connectivity index (χ4n) is 1.81. The van der Waals surface area contributed by atoms with Crippen molar-refractivity contribution in [1.29, 1.82) is 0 Å². The number of hydrogen-bond donors (Lipinski definition) is 3. The Kier molecular flexibility index (Phi) is 7.38. The first-order chi connectivity index (χ1) is 12.3. The number of carbonyl (C=O) groups excluding carboxylic acids is 2. The molecule has 0 saturated carbocycles. The molecule has 2 amide bonds. The van der Waals surface area contributed by atoms with Crippen LogP contribution in [0.3, 0.4) is 0 Å². The quantitative estimate of drug-likeness (QED) is 0.487. The average molecular weight is 457 g/mol. The molecule has 0 aliphatic rings. The lowest BCUT2D eigenvalue weighted by molar-refractivity contribution is -0.123. The van der Waals surface area contributed by atoms with Crippen LogP contribution in [0.5, 0.6) is 5.75 Å². The number of thiocarbonyl (C=S) groups is 1. The van der Waals surface area contributed by atoms with Gasteiger partial charge in [-0.3, -0.25) is 25.8 Å². The van der Waals surface area contributed by atoms with E-state index in [-0.39, 0.29) is 17.6 Å². The van der Waals surface area contributed by atoms with E-state index >= 15 is 0 Å². The molecule has 0 aliphatic heterocycles. The molecule has 0 radical (unpaired) electrons. The Morgan fingerprint density at radius 2 is 1.85 bits per heavy atom. The van der Waals surface area contributed by atoms with E-state index < -0.39 is 5.91 Å². The zero-order chi connectivity index (χ0) is 19.1. The SMILES string of the molecule is Cc1ccc(C(=O)NC(=S)NNC(=O)COc2ccc(Cl)cc2Br)cc1. The second-order valence-electron chi connectivity index (χ2n) is 5.19. The van der Waals surface area contributed by atoms with Crippen molar-refractivity contribution >= 4 is 56.7 Å². The van der Waals surface area contributed by atoms with Gasteiger partial charge >= 0.3 is 0 Å². The second kappa shape index (κ2) is 9.51. The molecule has 0 unspecified atom stereocenters. The normalized spacial score (nSPS) is 9.96. The van der Waals surface area contributed by atoms with Gasteiger partial charge in [0, 0.05) is 10.6 Å². The number of amides is 2. The van der Waals surface area contributed by atoms with Crippen LogP contribution in [0, 0.1) is 6.92 Å². The number of aryl methyl sites for hydroxylation is 1. The van der Waals surface area contributed by atoms with Crippen molar-refractivity contribution in [1.82, 2.24) is 16.2 Å². The third-order valence-electron chi connectivity index (χ3n) is 3.11. The number of hydrogen-bond acceptors (Lipinski definition) is 4. The third-order valence-corrected chi connectivity index (χ3v) is 4.17. The highest BCUT2D eigenvalue weighted by molar-refractivity contribution is 9.10. The van der Waals surface area contributed by atoms with Crippen LogP contribution in [0.15, 0.2) is 46.9 Å². The summed E-state index contributed by atoms with van der Waals surface area (Å²) >= 11 is 14.1. The van der Waals surface area contributed by atoms with Gasteiger partial charge in [0.2, 0.25) is 0 Å². The van der Waals surface area contributed by atoms with Crippen molar-refractivity contribution < 1.29 is 14.3 Å². The van der Waals surface area contributed by atoms with E-state index in [1.165, 1.54) is 0 Å². The van der Waals surface area contributed by atoms with E-state index in [2.05, 4.69) is 32.1 Å². The average Bonchev–Trinajstić information content (AvgIpc) is 2.59. The summed E-state index contributed by atoms with van der Waals surface area (Å²) in [6, 6.07) is 11.9. The number of ether oxygens (including phenoxy) is 1. The van der Waals surface area contributed by atoms with Crippen LogP contribution in [0.2, 0.25) is 5.02 Å². The first-order valence-electron chi connectivity index (χ1n) is 7.40. The minimum Gasteiger partial charge on any atom is -0.483 e. The van der Waals surface area contributed by atoms with E-state index in [0.717, 1.165) is 5.56 Å². The molecular formula is C17H15BrClN3O3S. The van der Waals surface area contributed by atoms with Crippen LogP contribution in [0.4, 0.5) is 0 Å². The van der Waals surface area contributed by atoms with E-state index in [1.807, 2.05) is 19.1 Å². The minimum absolute atomic E-state index is 0.0309. The van der Waals surface area contributed by atoms with Crippen LogP contribution in [0.25, 0.3) is 0 Å². The largest absolute Gasteiger partial charge is 0.483 e. The van der Waals surface area contributed by atoms with Crippen molar-refractivity contribution in [3.8, 4) is 5.75 Å². The molecular weight excluding hydrogens is 442 g/mol. The number of rotatable bonds is 4. The predicted octanol–water partition coefficient (Wildman–Crippen LogP) is 3.13. The van der Waals surface area contributed by atoms with Gasteiger partial charge in [-0.25, -0.2) is 0 Å². The van der Waals surface area contributed by atoms with Crippen LogP contribution < -0.4 is 20.9 Å². The molecule has 6 nitrogen and oxygen atoms in total.